The van der Waals surface area contributed by atoms with Gasteiger partial charge in [0.2, 0.25) is 10.0 Å². The lowest BCUT2D eigenvalue weighted by Crippen LogP contribution is -2.45. The van der Waals surface area contributed by atoms with Crippen molar-refractivity contribution in [3.05, 3.63) is 35.4 Å². The monoisotopic (exact) mass is 297 g/mol. The number of sulfonamides is 1. The summed E-state index contributed by atoms with van der Waals surface area (Å²) >= 11 is 0. The average Bonchev–Trinajstić information content (AvgIpc) is 2.38. The quantitative estimate of drug-likeness (QED) is 0.725. The SMILES string of the molecule is NS(=O)(=O)Cc1cccc(C(=O)N[C@H]2CCCNC2)c1. The maximum atomic E-state index is 12.1. The second-order valence-electron chi connectivity index (χ2n) is 5.02. The van der Waals surface area contributed by atoms with Crippen molar-refractivity contribution < 1.29 is 13.2 Å². The number of amides is 1. The lowest BCUT2D eigenvalue weighted by atomic mass is 10.1. The molecule has 1 atom stereocenters. The van der Waals surface area contributed by atoms with Gasteiger partial charge < -0.3 is 10.6 Å². The van der Waals surface area contributed by atoms with Gasteiger partial charge in [0.15, 0.2) is 0 Å². The largest absolute Gasteiger partial charge is 0.348 e. The number of hydrogen-bond donors (Lipinski definition) is 3. The molecule has 0 bridgehead atoms. The van der Waals surface area contributed by atoms with Crippen LogP contribution in [0, 0.1) is 0 Å². The van der Waals surface area contributed by atoms with Crippen LogP contribution in [0.3, 0.4) is 0 Å². The summed E-state index contributed by atoms with van der Waals surface area (Å²) < 4.78 is 22.1. The Labute approximate surface area is 118 Å². The van der Waals surface area contributed by atoms with Crippen molar-refractivity contribution in [1.82, 2.24) is 10.6 Å². The van der Waals surface area contributed by atoms with Gasteiger partial charge in [0.05, 0.1) is 5.75 Å². The first kappa shape index (κ1) is 15.0. The molecule has 1 aliphatic heterocycles. The predicted molar refractivity (Wildman–Crippen MR) is 76.6 cm³/mol. The minimum atomic E-state index is -3.59. The van der Waals surface area contributed by atoms with Crippen molar-refractivity contribution in [3.63, 3.8) is 0 Å². The Morgan fingerprint density at radius 1 is 1.45 bits per heavy atom. The number of piperidine rings is 1. The molecule has 7 heteroatoms. The predicted octanol–water partition coefficient (Wildman–Crippen LogP) is -0.0431. The van der Waals surface area contributed by atoms with Gasteiger partial charge in [-0.05, 0) is 37.1 Å². The first-order valence-electron chi connectivity index (χ1n) is 6.55. The Balaban J connectivity index is 2.04. The maximum Gasteiger partial charge on any atom is 0.251 e. The van der Waals surface area contributed by atoms with E-state index in [2.05, 4.69) is 10.6 Å². The Bertz CT molecular complexity index is 580. The molecule has 1 amide bonds. The van der Waals surface area contributed by atoms with Gasteiger partial charge in [-0.2, -0.15) is 0 Å². The second-order valence-corrected chi connectivity index (χ2v) is 6.64. The molecule has 1 aromatic rings. The van der Waals surface area contributed by atoms with E-state index in [4.69, 9.17) is 5.14 Å². The average molecular weight is 297 g/mol. The van der Waals surface area contributed by atoms with E-state index in [1.807, 2.05) is 0 Å². The zero-order valence-electron chi connectivity index (χ0n) is 11.1. The number of benzene rings is 1. The molecule has 0 spiro atoms. The Morgan fingerprint density at radius 2 is 2.25 bits per heavy atom. The van der Waals surface area contributed by atoms with Crippen LogP contribution in [0.15, 0.2) is 24.3 Å². The number of rotatable bonds is 4. The molecule has 1 heterocycles. The molecule has 6 nitrogen and oxygen atoms in total. The number of carbonyl (C=O) groups is 1. The van der Waals surface area contributed by atoms with Crippen molar-refractivity contribution in [1.29, 1.82) is 0 Å². The third-order valence-electron chi connectivity index (χ3n) is 3.19. The minimum absolute atomic E-state index is 0.123. The van der Waals surface area contributed by atoms with E-state index in [1.165, 1.54) is 0 Å². The van der Waals surface area contributed by atoms with Crippen LogP contribution in [0.2, 0.25) is 0 Å². The molecule has 0 aromatic heterocycles. The molecule has 1 saturated heterocycles. The highest BCUT2D eigenvalue weighted by molar-refractivity contribution is 7.88. The first-order valence-corrected chi connectivity index (χ1v) is 8.26. The van der Waals surface area contributed by atoms with Gasteiger partial charge in [-0.15, -0.1) is 0 Å². The van der Waals surface area contributed by atoms with Gasteiger partial charge in [-0.3, -0.25) is 4.79 Å². The fourth-order valence-corrected chi connectivity index (χ4v) is 2.92. The molecular weight excluding hydrogens is 278 g/mol. The van der Waals surface area contributed by atoms with E-state index in [-0.39, 0.29) is 17.7 Å². The van der Waals surface area contributed by atoms with Gasteiger partial charge in [-0.25, -0.2) is 13.6 Å². The first-order chi connectivity index (χ1) is 9.44. The smallest absolute Gasteiger partial charge is 0.251 e. The highest BCUT2D eigenvalue weighted by atomic mass is 32.2. The van der Waals surface area contributed by atoms with E-state index in [0.717, 1.165) is 25.9 Å². The van der Waals surface area contributed by atoms with Crippen molar-refractivity contribution in [3.8, 4) is 0 Å². The fraction of sp³-hybridized carbons (Fsp3) is 0.462. The van der Waals surface area contributed by atoms with E-state index in [9.17, 15) is 13.2 Å². The van der Waals surface area contributed by atoms with Gasteiger partial charge in [0.1, 0.15) is 0 Å². The lowest BCUT2D eigenvalue weighted by molar-refractivity contribution is 0.0930. The topological polar surface area (TPSA) is 101 Å². The van der Waals surface area contributed by atoms with Gasteiger partial charge in [0, 0.05) is 18.2 Å². The highest BCUT2D eigenvalue weighted by Crippen LogP contribution is 2.09. The molecule has 0 unspecified atom stereocenters. The normalized spacial score (nSPS) is 19.6. The number of carbonyl (C=O) groups excluding carboxylic acids is 1. The summed E-state index contributed by atoms with van der Waals surface area (Å²) in [5.41, 5.74) is 0.971. The molecule has 4 N–H and O–H groups in total. The van der Waals surface area contributed by atoms with E-state index in [0.29, 0.717) is 11.1 Å². The van der Waals surface area contributed by atoms with Crippen LogP contribution in [0.1, 0.15) is 28.8 Å². The summed E-state index contributed by atoms with van der Waals surface area (Å²) in [5, 5.41) is 11.2. The highest BCUT2D eigenvalue weighted by Gasteiger charge is 2.16. The molecule has 20 heavy (non-hydrogen) atoms. The number of hydrogen-bond acceptors (Lipinski definition) is 4. The van der Waals surface area contributed by atoms with Crippen molar-refractivity contribution >= 4 is 15.9 Å². The zero-order valence-corrected chi connectivity index (χ0v) is 11.9. The second kappa shape index (κ2) is 6.34. The van der Waals surface area contributed by atoms with Crippen molar-refractivity contribution in [2.24, 2.45) is 5.14 Å². The van der Waals surface area contributed by atoms with Gasteiger partial charge >= 0.3 is 0 Å². The molecule has 0 radical (unpaired) electrons. The Morgan fingerprint density at radius 3 is 2.90 bits per heavy atom. The van der Waals surface area contributed by atoms with Crippen molar-refractivity contribution in [2.75, 3.05) is 13.1 Å². The summed E-state index contributed by atoms with van der Waals surface area (Å²) in [7, 11) is -3.59. The van der Waals surface area contributed by atoms with E-state index in [1.54, 1.807) is 24.3 Å². The molecular formula is C13H19N3O3S. The molecule has 0 saturated carbocycles. The van der Waals surface area contributed by atoms with E-state index < -0.39 is 10.0 Å². The summed E-state index contributed by atoms with van der Waals surface area (Å²) in [6, 6.07) is 6.66. The lowest BCUT2D eigenvalue weighted by Gasteiger charge is -2.23. The minimum Gasteiger partial charge on any atom is -0.348 e. The van der Waals surface area contributed by atoms with Crippen LogP contribution in [0.4, 0.5) is 0 Å². The molecule has 110 valence electrons. The summed E-state index contributed by atoms with van der Waals surface area (Å²) in [5.74, 6) is -0.450. The van der Waals surface area contributed by atoms with E-state index >= 15 is 0 Å². The van der Waals surface area contributed by atoms with Crippen molar-refractivity contribution in [2.45, 2.75) is 24.6 Å². The molecule has 1 fully saturated rings. The molecule has 0 aliphatic carbocycles. The standard InChI is InChI=1S/C13H19N3O3S/c14-20(18,19)9-10-3-1-4-11(7-10)13(17)16-12-5-2-6-15-8-12/h1,3-4,7,12,15H,2,5-6,8-9H2,(H,16,17)(H2,14,18,19)/t12-/m0/s1. The van der Waals surface area contributed by atoms with Crippen LogP contribution in [0.25, 0.3) is 0 Å². The Hall–Kier alpha value is -1.44. The van der Waals surface area contributed by atoms with Gasteiger partial charge in [0.25, 0.3) is 5.91 Å². The van der Waals surface area contributed by atoms with Crippen LogP contribution >= 0.6 is 0 Å². The van der Waals surface area contributed by atoms with Gasteiger partial charge in [-0.1, -0.05) is 12.1 Å². The summed E-state index contributed by atoms with van der Waals surface area (Å²) in [6.45, 7) is 1.75. The number of nitrogens with two attached hydrogens (primary N) is 1. The van der Waals surface area contributed by atoms with Crippen LogP contribution in [-0.2, 0) is 15.8 Å². The van der Waals surface area contributed by atoms with Crippen LogP contribution < -0.4 is 15.8 Å². The molecule has 1 aromatic carbocycles. The zero-order chi connectivity index (χ0) is 14.6. The number of nitrogens with one attached hydrogen (secondary N) is 2. The van der Waals surface area contributed by atoms with Crippen LogP contribution in [0.5, 0.6) is 0 Å². The molecule has 2 rings (SSSR count). The summed E-state index contributed by atoms with van der Waals surface area (Å²) in [4.78, 5) is 12.1. The summed E-state index contributed by atoms with van der Waals surface area (Å²) in [6.07, 6.45) is 1.99. The fourth-order valence-electron chi connectivity index (χ4n) is 2.28. The maximum absolute atomic E-state index is 12.1. The third kappa shape index (κ3) is 4.59. The molecule has 1 aliphatic rings. The van der Waals surface area contributed by atoms with Crippen LogP contribution in [-0.4, -0.2) is 33.5 Å². The number of primary sulfonamides is 1. The Kier molecular flexibility index (Phi) is 4.74. The third-order valence-corrected chi connectivity index (χ3v) is 3.92.